The smallest absolute Gasteiger partial charge is 0.135 e. The van der Waals surface area contributed by atoms with Crippen molar-refractivity contribution in [3.8, 4) is 16.8 Å². The molecule has 1 aromatic heterocycles. The van der Waals surface area contributed by atoms with Gasteiger partial charge in [0.05, 0.1) is 11.4 Å². The van der Waals surface area contributed by atoms with Gasteiger partial charge in [0.1, 0.15) is 11.6 Å². The van der Waals surface area contributed by atoms with Gasteiger partial charge in [-0.25, -0.2) is 9.07 Å². The van der Waals surface area contributed by atoms with Gasteiger partial charge in [-0.1, -0.05) is 36.4 Å². The molecule has 0 saturated heterocycles. The number of halogens is 1. The van der Waals surface area contributed by atoms with Crippen molar-refractivity contribution in [2.75, 3.05) is 5.73 Å². The zero-order valence-corrected chi connectivity index (χ0v) is 12.0. The van der Waals surface area contributed by atoms with Gasteiger partial charge in [-0.05, 0) is 37.1 Å². The van der Waals surface area contributed by atoms with Crippen LogP contribution in [0.5, 0.6) is 0 Å². The van der Waals surface area contributed by atoms with Crippen LogP contribution in [-0.4, -0.2) is 9.78 Å². The molecule has 4 heteroatoms. The molecule has 3 rings (SSSR count). The topological polar surface area (TPSA) is 43.8 Å². The van der Waals surface area contributed by atoms with Gasteiger partial charge in [-0.2, -0.15) is 5.10 Å². The first kappa shape index (κ1) is 13.4. The highest BCUT2D eigenvalue weighted by Gasteiger charge is 2.16. The van der Waals surface area contributed by atoms with E-state index in [4.69, 9.17) is 5.73 Å². The summed E-state index contributed by atoms with van der Waals surface area (Å²) in [7, 11) is 0. The second kappa shape index (κ2) is 5.05. The summed E-state index contributed by atoms with van der Waals surface area (Å²) in [5, 5.41) is 4.48. The fourth-order valence-electron chi connectivity index (χ4n) is 2.50. The first-order valence-corrected chi connectivity index (χ1v) is 6.75. The molecule has 3 aromatic rings. The molecule has 0 aliphatic rings. The van der Waals surface area contributed by atoms with Crippen LogP contribution in [0.1, 0.15) is 11.3 Å². The van der Waals surface area contributed by atoms with Crippen molar-refractivity contribution in [2.24, 2.45) is 0 Å². The summed E-state index contributed by atoms with van der Waals surface area (Å²) in [4.78, 5) is 0. The average molecular weight is 281 g/mol. The fraction of sp³-hybridized carbons (Fsp3) is 0.118. The summed E-state index contributed by atoms with van der Waals surface area (Å²) in [5.41, 5.74) is 10.6. The Morgan fingerprint density at radius 3 is 2.48 bits per heavy atom. The molecule has 2 aromatic carbocycles. The van der Waals surface area contributed by atoms with Crippen LogP contribution in [-0.2, 0) is 0 Å². The van der Waals surface area contributed by atoms with Crippen molar-refractivity contribution in [1.29, 1.82) is 0 Å². The molecule has 0 unspecified atom stereocenters. The van der Waals surface area contributed by atoms with Crippen molar-refractivity contribution in [3.63, 3.8) is 0 Å². The molecule has 0 amide bonds. The second-order valence-electron chi connectivity index (χ2n) is 5.05. The lowest BCUT2D eigenvalue weighted by Crippen LogP contribution is -2.04. The summed E-state index contributed by atoms with van der Waals surface area (Å²) >= 11 is 0. The Bertz CT molecular complexity index is 791. The molecule has 0 atom stereocenters. The number of rotatable bonds is 2. The Morgan fingerprint density at radius 1 is 1.05 bits per heavy atom. The number of hydrogen-bond donors (Lipinski definition) is 1. The maximum Gasteiger partial charge on any atom is 0.135 e. The second-order valence-corrected chi connectivity index (χ2v) is 5.05. The molecular weight excluding hydrogens is 265 g/mol. The molecule has 2 N–H and O–H groups in total. The van der Waals surface area contributed by atoms with Gasteiger partial charge in [0.15, 0.2) is 0 Å². The minimum Gasteiger partial charge on any atom is -0.383 e. The van der Waals surface area contributed by atoms with Crippen molar-refractivity contribution in [2.45, 2.75) is 13.8 Å². The maximum absolute atomic E-state index is 13.5. The summed E-state index contributed by atoms with van der Waals surface area (Å²) < 4.78 is 15.1. The number of hydrogen-bond acceptors (Lipinski definition) is 2. The molecular formula is C17H16FN3. The highest BCUT2D eigenvalue weighted by molar-refractivity contribution is 5.77. The Kier molecular flexibility index (Phi) is 3.22. The lowest BCUT2D eigenvalue weighted by Gasteiger charge is -2.08. The third kappa shape index (κ3) is 2.29. The van der Waals surface area contributed by atoms with Crippen molar-refractivity contribution in [3.05, 3.63) is 65.6 Å². The number of nitrogens with two attached hydrogens (primary N) is 1. The number of benzene rings is 2. The third-order valence-electron chi connectivity index (χ3n) is 3.56. The van der Waals surface area contributed by atoms with Gasteiger partial charge in [0.2, 0.25) is 0 Å². The van der Waals surface area contributed by atoms with Crippen LogP contribution in [0, 0.1) is 19.7 Å². The Morgan fingerprint density at radius 2 is 1.76 bits per heavy atom. The van der Waals surface area contributed by atoms with E-state index in [-0.39, 0.29) is 5.82 Å². The predicted molar refractivity (Wildman–Crippen MR) is 82.8 cm³/mol. The van der Waals surface area contributed by atoms with Crippen LogP contribution >= 0.6 is 0 Å². The minimum absolute atomic E-state index is 0.301. The quantitative estimate of drug-likeness (QED) is 0.774. The van der Waals surface area contributed by atoms with Crippen molar-refractivity contribution < 1.29 is 4.39 Å². The van der Waals surface area contributed by atoms with E-state index >= 15 is 0 Å². The van der Waals surface area contributed by atoms with E-state index in [9.17, 15) is 4.39 Å². The van der Waals surface area contributed by atoms with E-state index < -0.39 is 0 Å². The molecule has 0 radical (unpaired) electrons. The zero-order valence-electron chi connectivity index (χ0n) is 12.0. The van der Waals surface area contributed by atoms with E-state index in [1.165, 1.54) is 12.1 Å². The van der Waals surface area contributed by atoms with Gasteiger partial charge < -0.3 is 5.73 Å². The van der Waals surface area contributed by atoms with Gasteiger partial charge >= 0.3 is 0 Å². The molecule has 1 heterocycles. The normalized spacial score (nSPS) is 10.8. The van der Waals surface area contributed by atoms with Crippen molar-refractivity contribution in [1.82, 2.24) is 9.78 Å². The van der Waals surface area contributed by atoms with Gasteiger partial charge in [0.25, 0.3) is 0 Å². The van der Waals surface area contributed by atoms with Crippen molar-refractivity contribution >= 4 is 5.82 Å². The van der Waals surface area contributed by atoms with E-state index in [1.54, 1.807) is 10.7 Å². The van der Waals surface area contributed by atoms with Crippen LogP contribution in [0.25, 0.3) is 16.8 Å². The Balaban J connectivity index is 2.21. The first-order chi connectivity index (χ1) is 10.1. The van der Waals surface area contributed by atoms with Gasteiger partial charge in [-0.15, -0.1) is 0 Å². The minimum atomic E-state index is -0.301. The van der Waals surface area contributed by atoms with Crippen LogP contribution in [0.15, 0.2) is 48.5 Å². The van der Waals surface area contributed by atoms with Crippen LogP contribution < -0.4 is 5.73 Å². The largest absolute Gasteiger partial charge is 0.383 e. The van der Waals surface area contributed by atoms with Crippen LogP contribution in [0.4, 0.5) is 10.2 Å². The molecule has 0 spiro atoms. The lowest BCUT2D eigenvalue weighted by atomic mass is 10.1. The summed E-state index contributed by atoms with van der Waals surface area (Å²) in [5.74, 6) is 0.219. The predicted octanol–water partition coefficient (Wildman–Crippen LogP) is 3.88. The average Bonchev–Trinajstić information content (AvgIpc) is 2.77. The number of nitrogens with zero attached hydrogens (tertiary/aromatic N) is 2. The van der Waals surface area contributed by atoms with Gasteiger partial charge in [0, 0.05) is 5.56 Å². The maximum atomic E-state index is 13.5. The lowest BCUT2D eigenvalue weighted by molar-refractivity contribution is 0.625. The SMILES string of the molecule is Cc1ccc(F)cc1-n1nc(C)c(-c2ccccc2)c1N. The Hall–Kier alpha value is -2.62. The molecule has 106 valence electrons. The highest BCUT2D eigenvalue weighted by Crippen LogP contribution is 2.31. The summed E-state index contributed by atoms with van der Waals surface area (Å²) in [6, 6.07) is 14.5. The molecule has 0 aliphatic heterocycles. The number of aromatic nitrogens is 2. The summed E-state index contributed by atoms with van der Waals surface area (Å²) in [6.45, 7) is 3.82. The number of aryl methyl sites for hydroxylation is 2. The van der Waals surface area contributed by atoms with E-state index in [2.05, 4.69) is 5.10 Å². The van der Waals surface area contributed by atoms with E-state index in [1.807, 2.05) is 44.2 Å². The number of anilines is 1. The standard InChI is InChI=1S/C17H16FN3/c1-11-8-9-14(18)10-15(11)21-17(19)16(12(2)20-21)13-6-4-3-5-7-13/h3-10H,19H2,1-2H3. The molecule has 0 bridgehead atoms. The highest BCUT2D eigenvalue weighted by atomic mass is 19.1. The molecule has 0 fully saturated rings. The molecule has 0 saturated carbocycles. The Labute approximate surface area is 122 Å². The molecule has 21 heavy (non-hydrogen) atoms. The van der Waals surface area contributed by atoms with E-state index in [0.29, 0.717) is 11.5 Å². The monoisotopic (exact) mass is 281 g/mol. The van der Waals surface area contributed by atoms with Crippen LogP contribution in [0.3, 0.4) is 0 Å². The van der Waals surface area contributed by atoms with Gasteiger partial charge in [-0.3, -0.25) is 0 Å². The summed E-state index contributed by atoms with van der Waals surface area (Å²) in [6.07, 6.45) is 0. The molecule has 0 aliphatic carbocycles. The zero-order chi connectivity index (χ0) is 15.0. The number of nitrogen functional groups attached to an aromatic ring is 1. The fourth-order valence-corrected chi connectivity index (χ4v) is 2.50. The van der Waals surface area contributed by atoms with E-state index in [0.717, 1.165) is 22.4 Å². The third-order valence-corrected chi connectivity index (χ3v) is 3.56. The molecule has 3 nitrogen and oxygen atoms in total. The van der Waals surface area contributed by atoms with Crippen LogP contribution in [0.2, 0.25) is 0 Å². The first-order valence-electron chi connectivity index (χ1n) is 6.75.